The lowest BCUT2D eigenvalue weighted by Gasteiger charge is -2.34. The van der Waals surface area contributed by atoms with E-state index in [1.54, 1.807) is 0 Å². The Hall–Kier alpha value is -2.55. The van der Waals surface area contributed by atoms with Gasteiger partial charge in [0.15, 0.2) is 6.04 Å². The molecule has 0 unspecified atom stereocenters. The molecule has 2 aromatic rings. The van der Waals surface area contributed by atoms with Crippen LogP contribution in [0.25, 0.3) is 0 Å². The Kier molecular flexibility index (Phi) is 6.20. The Bertz CT molecular complexity index is 1190. The number of nitrogens with one attached hydrogen (secondary N) is 1. The van der Waals surface area contributed by atoms with Crippen molar-refractivity contribution in [3.8, 4) is 0 Å². The number of hydrogen-bond acceptors (Lipinski definition) is 4. The number of sulfonamides is 1. The number of para-hydroxylation sites is 1. The van der Waals surface area contributed by atoms with Crippen molar-refractivity contribution in [1.29, 1.82) is 0 Å². The summed E-state index contributed by atoms with van der Waals surface area (Å²) in [5, 5.41) is 0. The second-order valence-electron chi connectivity index (χ2n) is 9.35. The molecule has 2 amide bonds. The molecule has 2 fully saturated rings. The zero-order valence-electron chi connectivity index (χ0n) is 19.9. The van der Waals surface area contributed by atoms with Gasteiger partial charge in [0, 0.05) is 0 Å². The first-order valence-corrected chi connectivity index (χ1v) is 12.8. The topological polar surface area (TPSA) is 79.2 Å². The maximum atomic E-state index is 13.4. The van der Waals surface area contributed by atoms with Crippen LogP contribution in [0.5, 0.6) is 0 Å². The van der Waals surface area contributed by atoms with Crippen molar-refractivity contribution in [2.24, 2.45) is 0 Å². The van der Waals surface area contributed by atoms with E-state index >= 15 is 0 Å². The molecule has 0 bridgehead atoms. The molecular formula is C25H32N3O4S+. The van der Waals surface area contributed by atoms with E-state index in [0.717, 1.165) is 32.7 Å². The van der Waals surface area contributed by atoms with Crippen LogP contribution in [0.1, 0.15) is 34.2 Å². The molecule has 2 saturated heterocycles. The molecule has 1 N–H and O–H groups in total. The lowest BCUT2D eigenvalue weighted by molar-refractivity contribution is -0.918. The second kappa shape index (κ2) is 8.66. The summed E-state index contributed by atoms with van der Waals surface area (Å²) in [5.74, 6) is -0.371. The van der Waals surface area contributed by atoms with Gasteiger partial charge in [-0.1, -0.05) is 35.9 Å². The van der Waals surface area contributed by atoms with E-state index in [2.05, 4.69) is 0 Å². The number of quaternary nitrogens is 1. The molecule has 0 aliphatic carbocycles. The monoisotopic (exact) mass is 470 g/mol. The molecule has 7 nitrogen and oxygen atoms in total. The molecule has 0 radical (unpaired) electrons. The van der Waals surface area contributed by atoms with Gasteiger partial charge in [-0.3, -0.25) is 9.59 Å². The number of amides is 2. The molecule has 2 aliphatic rings. The van der Waals surface area contributed by atoms with Crippen molar-refractivity contribution >= 4 is 27.5 Å². The van der Waals surface area contributed by atoms with E-state index < -0.39 is 16.1 Å². The first kappa shape index (κ1) is 23.6. The van der Waals surface area contributed by atoms with Crippen LogP contribution in [-0.2, 0) is 19.6 Å². The van der Waals surface area contributed by atoms with E-state index in [1.807, 2.05) is 65.0 Å². The number of anilines is 1. The number of piperazine rings is 1. The van der Waals surface area contributed by atoms with Gasteiger partial charge in [0.1, 0.15) is 0 Å². The van der Waals surface area contributed by atoms with Crippen LogP contribution in [0.15, 0.2) is 35.2 Å². The minimum absolute atomic E-state index is 0.158. The molecule has 0 saturated carbocycles. The van der Waals surface area contributed by atoms with Gasteiger partial charge in [0.05, 0.1) is 43.2 Å². The summed E-state index contributed by atoms with van der Waals surface area (Å²) in [7, 11) is -3.62. The van der Waals surface area contributed by atoms with E-state index in [1.165, 1.54) is 9.21 Å². The third-order valence-electron chi connectivity index (χ3n) is 6.87. The number of aryl methyl sites for hydroxylation is 5. The third-order valence-corrected chi connectivity index (χ3v) is 9.07. The maximum Gasteiger partial charge on any atom is 0.292 e. The molecule has 4 rings (SSSR count). The number of benzene rings is 2. The quantitative estimate of drug-likeness (QED) is 0.686. The molecule has 2 aliphatic heterocycles. The van der Waals surface area contributed by atoms with E-state index in [4.69, 9.17) is 0 Å². The van der Waals surface area contributed by atoms with Crippen LogP contribution in [0.2, 0.25) is 0 Å². The first-order valence-electron chi connectivity index (χ1n) is 11.4. The number of imide groups is 1. The van der Waals surface area contributed by atoms with Crippen molar-refractivity contribution in [3.05, 3.63) is 58.1 Å². The normalized spacial score (nSPS) is 20.6. The summed E-state index contributed by atoms with van der Waals surface area (Å²) in [4.78, 5) is 28.8. The van der Waals surface area contributed by atoms with Crippen LogP contribution in [0, 0.1) is 34.6 Å². The van der Waals surface area contributed by atoms with Gasteiger partial charge < -0.3 is 4.90 Å². The molecule has 1 atom stereocenters. The summed E-state index contributed by atoms with van der Waals surface area (Å²) >= 11 is 0. The molecule has 176 valence electrons. The van der Waals surface area contributed by atoms with E-state index in [9.17, 15) is 18.0 Å². The van der Waals surface area contributed by atoms with Gasteiger partial charge in [-0.2, -0.15) is 4.31 Å². The molecule has 33 heavy (non-hydrogen) atoms. The summed E-state index contributed by atoms with van der Waals surface area (Å²) in [6, 6.07) is 9.05. The largest absolute Gasteiger partial charge is 0.322 e. The van der Waals surface area contributed by atoms with Crippen LogP contribution in [0.3, 0.4) is 0 Å². The first-order chi connectivity index (χ1) is 15.5. The summed E-state index contributed by atoms with van der Waals surface area (Å²) in [5.41, 5.74) is 5.02. The molecule has 8 heteroatoms. The summed E-state index contributed by atoms with van der Waals surface area (Å²) in [6.45, 7) is 11.1. The molecule has 0 spiro atoms. The fraction of sp³-hybridized carbons (Fsp3) is 0.440. The minimum atomic E-state index is -3.62. The number of carbonyl (C=O) groups excluding carboxylic acids is 2. The third kappa shape index (κ3) is 4.11. The molecule has 2 heterocycles. The Morgan fingerprint density at radius 2 is 1.42 bits per heavy atom. The Morgan fingerprint density at radius 1 is 0.879 bits per heavy atom. The Labute approximate surface area is 196 Å². The number of carbonyl (C=O) groups is 2. The zero-order chi connectivity index (χ0) is 24.1. The lowest BCUT2D eigenvalue weighted by atomic mass is 10.1. The van der Waals surface area contributed by atoms with Gasteiger partial charge in [-0.05, 0) is 56.9 Å². The average Bonchev–Trinajstić information content (AvgIpc) is 3.01. The van der Waals surface area contributed by atoms with Crippen molar-refractivity contribution in [1.82, 2.24) is 4.31 Å². The second-order valence-corrected chi connectivity index (χ2v) is 11.2. The minimum Gasteiger partial charge on any atom is -0.322 e. The molecule has 0 aromatic heterocycles. The number of nitrogens with zero attached hydrogens (tertiary/aromatic N) is 2. The van der Waals surface area contributed by atoms with Gasteiger partial charge in [-0.25, -0.2) is 13.3 Å². The maximum absolute atomic E-state index is 13.4. The van der Waals surface area contributed by atoms with Crippen LogP contribution >= 0.6 is 0 Å². The Balaban J connectivity index is 1.51. The SMILES string of the molecule is Cc1cc(C)c(S(=O)(=O)N2CC[NH+]([C@H]3CC(=O)N(c4c(C)cccc4C)C3=O)CC2)c(C)c1. The highest BCUT2D eigenvalue weighted by atomic mass is 32.2. The molecular weight excluding hydrogens is 438 g/mol. The Morgan fingerprint density at radius 3 is 1.97 bits per heavy atom. The van der Waals surface area contributed by atoms with Gasteiger partial charge in [0.25, 0.3) is 5.91 Å². The standard InChI is InChI=1S/C25H31N3O4S/c1-16-13-19(4)24(20(5)14-16)33(31,32)27-11-9-26(10-12-27)21-15-22(29)28(25(21)30)23-17(2)7-6-8-18(23)3/h6-8,13-14,21H,9-12,15H2,1-5H3/p+1/t21-/m0/s1. The highest BCUT2D eigenvalue weighted by molar-refractivity contribution is 7.89. The van der Waals surface area contributed by atoms with Crippen molar-refractivity contribution in [2.45, 2.75) is 52.0 Å². The van der Waals surface area contributed by atoms with Crippen LogP contribution in [0.4, 0.5) is 5.69 Å². The van der Waals surface area contributed by atoms with Crippen molar-refractivity contribution in [3.63, 3.8) is 0 Å². The predicted octanol–water partition coefficient (Wildman–Crippen LogP) is 1.45. The fourth-order valence-corrected chi connectivity index (χ4v) is 7.26. The van der Waals surface area contributed by atoms with Gasteiger partial charge in [0.2, 0.25) is 15.9 Å². The smallest absolute Gasteiger partial charge is 0.292 e. The highest BCUT2D eigenvalue weighted by Crippen LogP contribution is 2.29. The summed E-state index contributed by atoms with van der Waals surface area (Å²) in [6.07, 6.45) is 0.158. The van der Waals surface area contributed by atoms with Gasteiger partial charge >= 0.3 is 0 Å². The van der Waals surface area contributed by atoms with Crippen molar-refractivity contribution < 1.29 is 22.9 Å². The van der Waals surface area contributed by atoms with Crippen LogP contribution < -0.4 is 9.80 Å². The van der Waals surface area contributed by atoms with Crippen LogP contribution in [-0.4, -0.2) is 56.8 Å². The zero-order valence-corrected chi connectivity index (χ0v) is 20.8. The lowest BCUT2D eigenvalue weighted by Crippen LogP contribution is -3.19. The number of hydrogen-bond donors (Lipinski definition) is 1. The highest BCUT2D eigenvalue weighted by Gasteiger charge is 2.48. The summed E-state index contributed by atoms with van der Waals surface area (Å²) < 4.78 is 28.3. The fourth-order valence-electron chi connectivity index (χ4n) is 5.41. The molecule has 2 aromatic carbocycles. The van der Waals surface area contributed by atoms with E-state index in [-0.39, 0.29) is 18.2 Å². The average molecular weight is 471 g/mol. The van der Waals surface area contributed by atoms with Crippen molar-refractivity contribution in [2.75, 3.05) is 31.1 Å². The van der Waals surface area contributed by atoms with Gasteiger partial charge in [-0.15, -0.1) is 0 Å². The number of rotatable bonds is 4. The predicted molar refractivity (Wildman–Crippen MR) is 127 cm³/mol. The van der Waals surface area contributed by atoms with E-state index in [0.29, 0.717) is 36.8 Å².